The molecular formula is C28H24N8O7. The number of amides is 3. The molecule has 3 aromatic rings. The van der Waals surface area contributed by atoms with Gasteiger partial charge in [0.05, 0.1) is 38.3 Å². The van der Waals surface area contributed by atoms with Gasteiger partial charge in [0.2, 0.25) is 5.91 Å². The summed E-state index contributed by atoms with van der Waals surface area (Å²) in [7, 11) is 0. The minimum Gasteiger partial charge on any atom is -0.372 e. The molecule has 0 saturated carbocycles. The second-order valence-electron chi connectivity index (χ2n) is 9.31. The number of nitriles is 1. The Morgan fingerprint density at radius 2 is 1.70 bits per heavy atom. The lowest BCUT2D eigenvalue weighted by molar-refractivity contribution is -0.393. The molecule has 0 radical (unpaired) electrons. The van der Waals surface area contributed by atoms with Crippen LogP contribution in [-0.4, -0.2) is 52.1 Å². The van der Waals surface area contributed by atoms with Crippen molar-refractivity contribution < 1.29 is 24.2 Å². The summed E-state index contributed by atoms with van der Waals surface area (Å²) in [4.78, 5) is 61.4. The predicted octanol–water partition coefficient (Wildman–Crippen LogP) is 5.26. The van der Waals surface area contributed by atoms with Crippen LogP contribution in [0.3, 0.4) is 0 Å². The zero-order chi connectivity index (χ0) is 31.3. The van der Waals surface area contributed by atoms with Gasteiger partial charge in [-0.15, -0.1) is 10.2 Å². The Morgan fingerprint density at radius 1 is 1.02 bits per heavy atom. The van der Waals surface area contributed by atoms with E-state index < -0.39 is 38.4 Å². The lowest BCUT2D eigenvalue weighted by atomic mass is 10.1. The van der Waals surface area contributed by atoms with Crippen LogP contribution in [-0.2, 0) is 4.79 Å². The van der Waals surface area contributed by atoms with Crippen LogP contribution in [0, 0.1) is 31.6 Å². The van der Waals surface area contributed by atoms with Crippen molar-refractivity contribution in [2.45, 2.75) is 20.3 Å². The third-order valence-corrected chi connectivity index (χ3v) is 6.59. The van der Waals surface area contributed by atoms with Gasteiger partial charge in [-0.25, -0.2) is 0 Å². The van der Waals surface area contributed by atoms with Gasteiger partial charge in [0.1, 0.15) is 11.8 Å². The van der Waals surface area contributed by atoms with Crippen LogP contribution in [0.4, 0.5) is 34.1 Å². The van der Waals surface area contributed by atoms with Gasteiger partial charge in [0, 0.05) is 38.3 Å². The highest BCUT2D eigenvalue weighted by Gasteiger charge is 2.34. The first-order valence-electron chi connectivity index (χ1n) is 13.0. The molecule has 0 unspecified atom stereocenters. The second-order valence-corrected chi connectivity index (χ2v) is 9.31. The number of azo groups is 1. The molecule has 1 aliphatic rings. The topological polar surface area (TPSA) is 205 Å². The number of carbonyl (C=O) groups excluding carboxylic acids is 3. The number of rotatable bonds is 11. The number of hydrogen-bond donors (Lipinski definition) is 1. The molecule has 1 heterocycles. The van der Waals surface area contributed by atoms with E-state index in [0.29, 0.717) is 42.4 Å². The molecule has 1 aliphatic heterocycles. The van der Waals surface area contributed by atoms with E-state index in [1.54, 1.807) is 42.5 Å². The first-order chi connectivity index (χ1) is 20.5. The van der Waals surface area contributed by atoms with Crippen molar-refractivity contribution in [3.05, 3.63) is 91.5 Å². The molecule has 0 bridgehead atoms. The number of nitro benzene ring substituents is 2. The maximum atomic E-state index is 12.7. The van der Waals surface area contributed by atoms with Gasteiger partial charge in [0.15, 0.2) is 5.69 Å². The highest BCUT2D eigenvalue weighted by Crippen LogP contribution is 2.38. The number of benzene rings is 3. The third kappa shape index (κ3) is 6.33. The monoisotopic (exact) mass is 584 g/mol. The summed E-state index contributed by atoms with van der Waals surface area (Å²) in [5.74, 6) is -1.10. The van der Waals surface area contributed by atoms with E-state index in [0.717, 1.165) is 6.07 Å². The van der Waals surface area contributed by atoms with Gasteiger partial charge in [-0.3, -0.25) is 39.5 Å². The smallest absolute Gasteiger partial charge is 0.304 e. The Labute approximate surface area is 244 Å². The maximum Gasteiger partial charge on any atom is 0.304 e. The van der Waals surface area contributed by atoms with Crippen LogP contribution >= 0.6 is 0 Å². The first kappa shape index (κ1) is 29.9. The highest BCUT2D eigenvalue weighted by atomic mass is 16.6. The molecule has 43 heavy (non-hydrogen) atoms. The number of nitro groups is 2. The summed E-state index contributed by atoms with van der Waals surface area (Å²) in [6.45, 7) is 4.41. The molecule has 0 atom stereocenters. The normalized spacial score (nSPS) is 12.3. The molecule has 3 aromatic carbocycles. The van der Waals surface area contributed by atoms with Crippen molar-refractivity contribution in [2.24, 2.45) is 10.2 Å². The number of non-ortho nitro benzene ring substituents is 1. The van der Waals surface area contributed by atoms with Crippen LogP contribution < -0.4 is 10.2 Å². The summed E-state index contributed by atoms with van der Waals surface area (Å²) < 4.78 is 0. The first-order valence-corrected chi connectivity index (χ1v) is 13.0. The van der Waals surface area contributed by atoms with E-state index in [2.05, 4.69) is 15.5 Å². The largest absolute Gasteiger partial charge is 0.372 e. The van der Waals surface area contributed by atoms with Crippen molar-refractivity contribution in [3.63, 3.8) is 0 Å². The zero-order valence-corrected chi connectivity index (χ0v) is 23.0. The quantitative estimate of drug-likeness (QED) is 0.135. The zero-order valence-electron chi connectivity index (χ0n) is 23.0. The lowest BCUT2D eigenvalue weighted by Crippen LogP contribution is -2.33. The number of hydrogen-bond acceptors (Lipinski definition) is 11. The Bertz CT molecular complexity index is 1700. The molecular weight excluding hydrogens is 560 g/mol. The summed E-state index contributed by atoms with van der Waals surface area (Å²) in [6, 6.07) is 14.7. The fourth-order valence-corrected chi connectivity index (χ4v) is 4.57. The molecule has 0 saturated heterocycles. The lowest BCUT2D eigenvalue weighted by Gasteiger charge is -2.25. The van der Waals surface area contributed by atoms with E-state index in [-0.39, 0.29) is 29.7 Å². The summed E-state index contributed by atoms with van der Waals surface area (Å²) >= 11 is 0. The Hall–Kier alpha value is -6.04. The third-order valence-electron chi connectivity index (χ3n) is 6.59. The predicted molar refractivity (Wildman–Crippen MR) is 154 cm³/mol. The molecule has 0 aromatic heterocycles. The Kier molecular flexibility index (Phi) is 8.80. The Balaban J connectivity index is 1.57. The van der Waals surface area contributed by atoms with Crippen molar-refractivity contribution in [2.75, 3.05) is 29.9 Å². The molecule has 1 N–H and O–H groups in total. The molecule has 15 heteroatoms. The number of fused-ring (bicyclic) bond motifs is 1. The molecule has 3 amide bonds. The fourth-order valence-electron chi connectivity index (χ4n) is 4.57. The fraction of sp³-hybridized carbons (Fsp3) is 0.214. The van der Waals surface area contributed by atoms with Crippen LogP contribution in [0.1, 0.15) is 46.5 Å². The molecule has 4 rings (SSSR count). The minimum absolute atomic E-state index is 0.109. The standard InChI is InChI=1S/C28H24N8O7/c1-3-33(11-6-12-34-27(38)21-7-4-5-8-22(21)28(34)39)19-9-10-23(24(14-19)30-17(2)37)31-32-26-18(16-29)13-20(35(40)41)15-25(26)36(42)43/h4-5,7-10,13-15H,3,6,11-12H2,1-2H3,(H,30,37). The average molecular weight is 585 g/mol. The SMILES string of the molecule is CCN(CCCN1C(=O)c2ccccc2C1=O)c1ccc(N=Nc2c(C#N)cc([N+](=O)[O-])cc2[N+](=O)[O-])c(NC(C)=O)c1. The van der Waals surface area contributed by atoms with Gasteiger partial charge < -0.3 is 10.2 Å². The van der Waals surface area contributed by atoms with E-state index in [1.807, 2.05) is 11.8 Å². The van der Waals surface area contributed by atoms with Gasteiger partial charge in [-0.1, -0.05) is 12.1 Å². The van der Waals surface area contributed by atoms with Gasteiger partial charge in [-0.2, -0.15) is 5.26 Å². The number of nitrogens with zero attached hydrogens (tertiary/aromatic N) is 7. The average Bonchev–Trinajstić information content (AvgIpc) is 3.22. The van der Waals surface area contributed by atoms with E-state index >= 15 is 0 Å². The van der Waals surface area contributed by atoms with Crippen molar-refractivity contribution in [3.8, 4) is 6.07 Å². The van der Waals surface area contributed by atoms with Crippen LogP contribution in [0.5, 0.6) is 0 Å². The molecule has 0 aliphatic carbocycles. The maximum absolute atomic E-state index is 12.7. The van der Waals surface area contributed by atoms with Gasteiger partial charge in [0.25, 0.3) is 17.5 Å². The van der Waals surface area contributed by atoms with Crippen LogP contribution in [0.15, 0.2) is 64.8 Å². The van der Waals surface area contributed by atoms with E-state index in [9.17, 15) is 39.9 Å². The van der Waals surface area contributed by atoms with E-state index in [4.69, 9.17) is 0 Å². The Morgan fingerprint density at radius 3 is 2.26 bits per heavy atom. The van der Waals surface area contributed by atoms with Crippen molar-refractivity contribution in [1.29, 1.82) is 5.26 Å². The minimum atomic E-state index is -0.902. The van der Waals surface area contributed by atoms with Crippen LogP contribution in [0.2, 0.25) is 0 Å². The second kappa shape index (κ2) is 12.6. The molecule has 218 valence electrons. The van der Waals surface area contributed by atoms with E-state index in [1.165, 1.54) is 17.9 Å². The van der Waals surface area contributed by atoms with Crippen molar-refractivity contribution >= 4 is 51.8 Å². The van der Waals surface area contributed by atoms with Crippen molar-refractivity contribution in [1.82, 2.24) is 4.90 Å². The molecule has 0 spiro atoms. The highest BCUT2D eigenvalue weighted by molar-refractivity contribution is 6.21. The molecule has 0 fully saturated rings. The number of imide groups is 1. The van der Waals surface area contributed by atoms with Crippen LogP contribution in [0.25, 0.3) is 0 Å². The summed E-state index contributed by atoms with van der Waals surface area (Å²) in [5.41, 5.74) is -0.553. The number of anilines is 2. The summed E-state index contributed by atoms with van der Waals surface area (Å²) in [6.07, 6.45) is 0.469. The summed E-state index contributed by atoms with van der Waals surface area (Å²) in [5, 5.41) is 42.7. The van der Waals surface area contributed by atoms with Gasteiger partial charge >= 0.3 is 5.69 Å². The van der Waals surface area contributed by atoms with Gasteiger partial charge in [-0.05, 0) is 43.7 Å². The number of nitrogens with one attached hydrogen (secondary N) is 1. The molecule has 15 nitrogen and oxygen atoms in total. The number of carbonyl (C=O) groups is 3.